The average Bonchev–Trinajstić information content (AvgIpc) is 2.95. The van der Waals surface area contributed by atoms with Gasteiger partial charge in [-0.2, -0.15) is 0 Å². The number of halogens is 1. The molecule has 1 atom stereocenters. The van der Waals surface area contributed by atoms with Gasteiger partial charge in [-0.15, -0.1) is 12.4 Å². The Balaban J connectivity index is 0.00000147. The third kappa shape index (κ3) is 3.89. The highest BCUT2D eigenvalue weighted by Crippen LogP contribution is 2.24. The molecule has 3 nitrogen and oxygen atoms in total. The fraction of sp³-hybridized carbons (Fsp3) is 0.250. The molecule has 1 heterocycles. The second-order valence-electron chi connectivity index (χ2n) is 4.62. The summed E-state index contributed by atoms with van der Waals surface area (Å²) >= 11 is 0. The molecular formula is C16H18ClNO2. The van der Waals surface area contributed by atoms with Crippen molar-refractivity contribution in [3.63, 3.8) is 0 Å². The van der Waals surface area contributed by atoms with Crippen LogP contribution in [0.5, 0.6) is 17.2 Å². The van der Waals surface area contributed by atoms with Gasteiger partial charge in [0, 0.05) is 6.54 Å². The molecule has 0 amide bonds. The molecule has 1 unspecified atom stereocenters. The van der Waals surface area contributed by atoms with Crippen molar-refractivity contribution in [2.24, 2.45) is 0 Å². The predicted octanol–water partition coefficient (Wildman–Crippen LogP) is 3.64. The molecule has 0 spiro atoms. The highest BCUT2D eigenvalue weighted by Gasteiger charge is 2.15. The molecule has 1 aliphatic rings. The second kappa shape index (κ2) is 7.17. The molecule has 1 N–H and O–H groups in total. The molecule has 20 heavy (non-hydrogen) atoms. The summed E-state index contributed by atoms with van der Waals surface area (Å²) in [6.45, 7) is 1.97. The van der Waals surface area contributed by atoms with Crippen molar-refractivity contribution in [2.45, 2.75) is 12.5 Å². The maximum atomic E-state index is 5.86. The summed E-state index contributed by atoms with van der Waals surface area (Å²) in [6, 6.07) is 17.5. The van der Waals surface area contributed by atoms with Gasteiger partial charge in [0.05, 0.1) is 0 Å². The SMILES string of the molecule is Cl.c1ccc(Oc2ccc(OC3CCNC3)cc2)cc1. The van der Waals surface area contributed by atoms with Crippen molar-refractivity contribution in [1.82, 2.24) is 5.32 Å². The zero-order valence-electron chi connectivity index (χ0n) is 11.1. The minimum atomic E-state index is 0. The zero-order valence-corrected chi connectivity index (χ0v) is 11.9. The lowest BCUT2D eigenvalue weighted by Gasteiger charge is -2.13. The van der Waals surface area contributed by atoms with Crippen LogP contribution in [-0.4, -0.2) is 19.2 Å². The molecule has 2 aromatic carbocycles. The van der Waals surface area contributed by atoms with Crippen LogP contribution in [0, 0.1) is 0 Å². The average molecular weight is 292 g/mol. The summed E-state index contributed by atoms with van der Waals surface area (Å²) < 4.78 is 11.6. The molecule has 0 bridgehead atoms. The van der Waals surface area contributed by atoms with E-state index in [1.54, 1.807) is 0 Å². The van der Waals surface area contributed by atoms with Crippen LogP contribution in [-0.2, 0) is 0 Å². The van der Waals surface area contributed by atoms with Crippen LogP contribution in [0.15, 0.2) is 54.6 Å². The van der Waals surface area contributed by atoms with E-state index in [9.17, 15) is 0 Å². The summed E-state index contributed by atoms with van der Waals surface area (Å²) in [4.78, 5) is 0. The van der Waals surface area contributed by atoms with Crippen LogP contribution in [0.1, 0.15) is 6.42 Å². The standard InChI is InChI=1S/C16H17NO2.ClH/c1-2-4-13(5-3-1)18-14-6-8-15(9-7-14)19-16-10-11-17-12-16;/h1-9,16-17H,10-12H2;1H. The van der Waals surface area contributed by atoms with E-state index in [1.165, 1.54) is 0 Å². The van der Waals surface area contributed by atoms with E-state index in [0.29, 0.717) is 6.10 Å². The normalized spacial score (nSPS) is 17.3. The Morgan fingerprint density at radius 3 is 2.15 bits per heavy atom. The zero-order chi connectivity index (χ0) is 12.9. The van der Waals surface area contributed by atoms with Crippen LogP contribution in [0.2, 0.25) is 0 Å². The van der Waals surface area contributed by atoms with Gasteiger partial charge in [0.15, 0.2) is 0 Å². The second-order valence-corrected chi connectivity index (χ2v) is 4.62. The fourth-order valence-corrected chi connectivity index (χ4v) is 2.13. The molecule has 3 rings (SSSR count). The molecule has 2 aromatic rings. The van der Waals surface area contributed by atoms with Crippen molar-refractivity contribution >= 4 is 12.4 Å². The summed E-state index contributed by atoms with van der Waals surface area (Å²) in [5.74, 6) is 2.56. The van der Waals surface area contributed by atoms with Crippen molar-refractivity contribution in [1.29, 1.82) is 0 Å². The fourth-order valence-electron chi connectivity index (χ4n) is 2.13. The monoisotopic (exact) mass is 291 g/mol. The summed E-state index contributed by atoms with van der Waals surface area (Å²) in [5, 5.41) is 3.29. The van der Waals surface area contributed by atoms with E-state index in [4.69, 9.17) is 9.47 Å². The Morgan fingerprint density at radius 1 is 0.850 bits per heavy atom. The highest BCUT2D eigenvalue weighted by molar-refractivity contribution is 5.85. The van der Waals surface area contributed by atoms with Gasteiger partial charge in [-0.25, -0.2) is 0 Å². The van der Waals surface area contributed by atoms with Crippen LogP contribution >= 0.6 is 12.4 Å². The van der Waals surface area contributed by atoms with E-state index in [1.807, 2.05) is 54.6 Å². The molecule has 1 fully saturated rings. The number of benzene rings is 2. The minimum absolute atomic E-state index is 0. The van der Waals surface area contributed by atoms with E-state index in [0.717, 1.165) is 36.8 Å². The first-order valence-corrected chi connectivity index (χ1v) is 6.60. The van der Waals surface area contributed by atoms with Gasteiger partial charge < -0.3 is 14.8 Å². The maximum Gasteiger partial charge on any atom is 0.127 e. The Bertz CT molecular complexity index is 510. The third-order valence-electron chi connectivity index (χ3n) is 3.12. The van der Waals surface area contributed by atoms with E-state index >= 15 is 0 Å². The van der Waals surface area contributed by atoms with E-state index < -0.39 is 0 Å². The van der Waals surface area contributed by atoms with Gasteiger partial charge in [-0.1, -0.05) is 18.2 Å². The number of para-hydroxylation sites is 1. The Kier molecular flexibility index (Phi) is 5.27. The smallest absolute Gasteiger partial charge is 0.127 e. The van der Waals surface area contributed by atoms with Gasteiger partial charge >= 0.3 is 0 Å². The molecule has 106 valence electrons. The number of hydrogen-bond acceptors (Lipinski definition) is 3. The third-order valence-corrected chi connectivity index (χ3v) is 3.12. The van der Waals surface area contributed by atoms with E-state index in [2.05, 4.69) is 5.32 Å². The number of nitrogens with one attached hydrogen (secondary N) is 1. The first-order valence-electron chi connectivity index (χ1n) is 6.60. The summed E-state index contributed by atoms with van der Waals surface area (Å²) in [5.41, 5.74) is 0. The minimum Gasteiger partial charge on any atom is -0.489 e. The lowest BCUT2D eigenvalue weighted by atomic mass is 10.3. The predicted molar refractivity (Wildman–Crippen MR) is 82.1 cm³/mol. The topological polar surface area (TPSA) is 30.5 Å². The van der Waals surface area contributed by atoms with Crippen LogP contribution in [0.25, 0.3) is 0 Å². The first kappa shape index (κ1) is 14.7. The number of hydrogen-bond donors (Lipinski definition) is 1. The molecule has 0 aromatic heterocycles. The Hall–Kier alpha value is -1.71. The maximum absolute atomic E-state index is 5.86. The van der Waals surface area contributed by atoms with Crippen LogP contribution in [0.3, 0.4) is 0 Å². The van der Waals surface area contributed by atoms with Gasteiger partial charge in [-0.3, -0.25) is 0 Å². The summed E-state index contributed by atoms with van der Waals surface area (Å²) in [6.07, 6.45) is 1.36. The number of rotatable bonds is 4. The first-order chi connectivity index (χ1) is 9.40. The molecule has 1 aliphatic heterocycles. The van der Waals surface area contributed by atoms with Gasteiger partial charge in [0.2, 0.25) is 0 Å². The highest BCUT2D eigenvalue weighted by atomic mass is 35.5. The lowest BCUT2D eigenvalue weighted by molar-refractivity contribution is 0.223. The van der Waals surface area contributed by atoms with Crippen molar-refractivity contribution in [3.05, 3.63) is 54.6 Å². The van der Waals surface area contributed by atoms with E-state index in [-0.39, 0.29) is 12.4 Å². The van der Waals surface area contributed by atoms with Gasteiger partial charge in [-0.05, 0) is 49.4 Å². The largest absolute Gasteiger partial charge is 0.489 e. The molecule has 0 saturated carbocycles. The van der Waals surface area contributed by atoms with Crippen LogP contribution in [0.4, 0.5) is 0 Å². The quantitative estimate of drug-likeness (QED) is 0.933. The van der Waals surface area contributed by atoms with Crippen molar-refractivity contribution in [3.8, 4) is 17.2 Å². The van der Waals surface area contributed by atoms with Gasteiger partial charge in [0.1, 0.15) is 23.4 Å². The van der Waals surface area contributed by atoms with Crippen molar-refractivity contribution in [2.75, 3.05) is 13.1 Å². The summed E-state index contributed by atoms with van der Waals surface area (Å²) in [7, 11) is 0. The molecule has 1 saturated heterocycles. The molecular weight excluding hydrogens is 274 g/mol. The Labute approximate surface area is 125 Å². The molecule has 4 heteroatoms. The lowest BCUT2D eigenvalue weighted by Crippen LogP contribution is -2.19. The molecule has 0 aliphatic carbocycles. The molecule has 0 radical (unpaired) electrons. The van der Waals surface area contributed by atoms with Gasteiger partial charge in [0.25, 0.3) is 0 Å². The Morgan fingerprint density at radius 2 is 1.50 bits per heavy atom. The number of ether oxygens (including phenoxy) is 2. The van der Waals surface area contributed by atoms with Crippen molar-refractivity contribution < 1.29 is 9.47 Å². The van der Waals surface area contributed by atoms with Crippen LogP contribution < -0.4 is 14.8 Å².